The van der Waals surface area contributed by atoms with Gasteiger partial charge >= 0.3 is 0 Å². The maximum atomic E-state index is 5.77. The Bertz CT molecular complexity index is 405. The first-order valence-corrected chi connectivity index (χ1v) is 6.51. The molecule has 4 nitrogen and oxygen atoms in total. The summed E-state index contributed by atoms with van der Waals surface area (Å²) in [5.74, 6) is 1.53. The van der Waals surface area contributed by atoms with E-state index < -0.39 is 0 Å². The maximum absolute atomic E-state index is 5.77. The van der Waals surface area contributed by atoms with Gasteiger partial charge in [0.25, 0.3) is 0 Å². The number of nitrogens with two attached hydrogens (primary N) is 1. The molecule has 0 bridgehead atoms. The number of hydrogen-bond donors (Lipinski definition) is 1. The zero-order valence-electron chi connectivity index (χ0n) is 12.7. The Morgan fingerprint density at radius 1 is 1.16 bits per heavy atom. The van der Waals surface area contributed by atoms with Crippen molar-refractivity contribution in [1.82, 2.24) is 4.90 Å². The molecule has 0 aliphatic heterocycles. The normalized spacial score (nSPS) is 11.7. The molecule has 0 aliphatic rings. The van der Waals surface area contributed by atoms with Gasteiger partial charge in [-0.2, -0.15) is 0 Å². The third kappa shape index (κ3) is 4.73. The molecule has 0 radical (unpaired) electrons. The van der Waals surface area contributed by atoms with Crippen molar-refractivity contribution >= 4 is 0 Å². The van der Waals surface area contributed by atoms with Crippen LogP contribution in [0.3, 0.4) is 0 Å². The Morgan fingerprint density at radius 2 is 1.79 bits per heavy atom. The van der Waals surface area contributed by atoms with Gasteiger partial charge in [0.15, 0.2) is 11.5 Å². The SMILES string of the molecule is COc1ccc(CN(C)CC(C)(C)CN)cc1OC. The molecule has 2 N–H and O–H groups in total. The van der Waals surface area contributed by atoms with Crippen molar-refractivity contribution in [1.29, 1.82) is 0 Å². The average molecular weight is 266 g/mol. The molecule has 0 aliphatic carbocycles. The largest absolute Gasteiger partial charge is 0.493 e. The molecule has 0 saturated heterocycles. The lowest BCUT2D eigenvalue weighted by Gasteiger charge is -2.29. The highest BCUT2D eigenvalue weighted by atomic mass is 16.5. The lowest BCUT2D eigenvalue weighted by Crippen LogP contribution is -2.36. The molecule has 0 saturated carbocycles. The second kappa shape index (κ2) is 6.78. The third-order valence-corrected chi connectivity index (χ3v) is 3.15. The minimum Gasteiger partial charge on any atom is -0.493 e. The van der Waals surface area contributed by atoms with Gasteiger partial charge in [0.1, 0.15) is 0 Å². The lowest BCUT2D eigenvalue weighted by molar-refractivity contribution is 0.209. The quantitative estimate of drug-likeness (QED) is 0.821. The summed E-state index contributed by atoms with van der Waals surface area (Å²) in [5.41, 5.74) is 7.10. The predicted molar refractivity (Wildman–Crippen MR) is 78.7 cm³/mol. The highest BCUT2D eigenvalue weighted by Crippen LogP contribution is 2.28. The molecule has 0 amide bonds. The van der Waals surface area contributed by atoms with E-state index in [1.807, 2.05) is 12.1 Å². The Kier molecular flexibility index (Phi) is 5.63. The molecular weight excluding hydrogens is 240 g/mol. The van der Waals surface area contributed by atoms with Crippen LogP contribution in [0.5, 0.6) is 11.5 Å². The Hall–Kier alpha value is -1.26. The van der Waals surface area contributed by atoms with Gasteiger partial charge in [-0.25, -0.2) is 0 Å². The van der Waals surface area contributed by atoms with E-state index in [2.05, 4.69) is 31.9 Å². The molecule has 0 atom stereocenters. The van der Waals surface area contributed by atoms with Crippen molar-refractivity contribution in [2.75, 3.05) is 34.4 Å². The van der Waals surface area contributed by atoms with Crippen molar-refractivity contribution in [2.45, 2.75) is 20.4 Å². The topological polar surface area (TPSA) is 47.7 Å². The van der Waals surface area contributed by atoms with Crippen LogP contribution in [0.2, 0.25) is 0 Å². The standard InChI is InChI=1S/C15H26N2O2/c1-15(2,10-16)11-17(3)9-12-6-7-13(18-4)14(8-12)19-5/h6-8H,9-11,16H2,1-5H3. The lowest BCUT2D eigenvalue weighted by atomic mass is 9.93. The summed E-state index contributed by atoms with van der Waals surface area (Å²) >= 11 is 0. The van der Waals surface area contributed by atoms with Crippen molar-refractivity contribution in [3.05, 3.63) is 23.8 Å². The first-order chi connectivity index (χ1) is 8.91. The maximum Gasteiger partial charge on any atom is 0.161 e. The van der Waals surface area contributed by atoms with E-state index in [0.717, 1.165) is 24.6 Å². The smallest absolute Gasteiger partial charge is 0.161 e. The number of benzene rings is 1. The van der Waals surface area contributed by atoms with Crippen LogP contribution < -0.4 is 15.2 Å². The second-order valence-electron chi connectivity index (χ2n) is 5.73. The summed E-state index contributed by atoms with van der Waals surface area (Å²) in [5, 5.41) is 0. The predicted octanol–water partition coefficient (Wildman–Crippen LogP) is 2.12. The van der Waals surface area contributed by atoms with Gasteiger partial charge < -0.3 is 20.1 Å². The summed E-state index contributed by atoms with van der Waals surface area (Å²) in [6, 6.07) is 6.02. The van der Waals surface area contributed by atoms with Crippen LogP contribution in [-0.2, 0) is 6.54 Å². The highest BCUT2D eigenvalue weighted by Gasteiger charge is 2.18. The highest BCUT2D eigenvalue weighted by molar-refractivity contribution is 5.42. The second-order valence-corrected chi connectivity index (χ2v) is 5.73. The summed E-state index contributed by atoms with van der Waals surface area (Å²) in [6.07, 6.45) is 0. The van der Waals surface area contributed by atoms with Crippen LogP contribution in [0, 0.1) is 5.41 Å². The van der Waals surface area contributed by atoms with E-state index in [9.17, 15) is 0 Å². The zero-order valence-corrected chi connectivity index (χ0v) is 12.7. The number of ether oxygens (including phenoxy) is 2. The first kappa shape index (κ1) is 15.8. The Morgan fingerprint density at radius 3 is 2.32 bits per heavy atom. The van der Waals surface area contributed by atoms with Crippen LogP contribution in [0.1, 0.15) is 19.4 Å². The van der Waals surface area contributed by atoms with E-state index in [1.165, 1.54) is 5.56 Å². The molecule has 4 heteroatoms. The molecule has 1 aromatic rings. The van der Waals surface area contributed by atoms with Gasteiger partial charge in [0.05, 0.1) is 14.2 Å². The van der Waals surface area contributed by atoms with Crippen molar-refractivity contribution in [3.63, 3.8) is 0 Å². The molecule has 0 aromatic heterocycles. The van der Waals surface area contributed by atoms with Gasteiger partial charge in [-0.15, -0.1) is 0 Å². The van der Waals surface area contributed by atoms with Crippen LogP contribution in [0.4, 0.5) is 0 Å². The van der Waals surface area contributed by atoms with Crippen LogP contribution in [0.15, 0.2) is 18.2 Å². The van der Waals surface area contributed by atoms with Crippen molar-refractivity contribution in [3.8, 4) is 11.5 Å². The van der Waals surface area contributed by atoms with E-state index in [-0.39, 0.29) is 5.41 Å². The summed E-state index contributed by atoms with van der Waals surface area (Å²) in [4.78, 5) is 2.27. The number of hydrogen-bond acceptors (Lipinski definition) is 4. The summed E-state index contributed by atoms with van der Waals surface area (Å²) < 4.78 is 10.6. The van der Waals surface area contributed by atoms with Crippen LogP contribution in [0.25, 0.3) is 0 Å². The fraction of sp³-hybridized carbons (Fsp3) is 0.600. The number of methoxy groups -OCH3 is 2. The zero-order chi connectivity index (χ0) is 14.5. The van der Waals surface area contributed by atoms with E-state index in [4.69, 9.17) is 15.2 Å². The van der Waals surface area contributed by atoms with Crippen molar-refractivity contribution in [2.24, 2.45) is 11.1 Å². The van der Waals surface area contributed by atoms with Crippen molar-refractivity contribution < 1.29 is 9.47 Å². The van der Waals surface area contributed by atoms with Crippen LogP contribution >= 0.6 is 0 Å². The molecule has 0 heterocycles. The average Bonchev–Trinajstić information content (AvgIpc) is 2.37. The molecule has 19 heavy (non-hydrogen) atoms. The first-order valence-electron chi connectivity index (χ1n) is 6.51. The van der Waals surface area contributed by atoms with Gasteiger partial charge in [-0.05, 0) is 36.7 Å². The minimum atomic E-state index is 0.130. The number of rotatable bonds is 7. The Labute approximate surface area is 116 Å². The Balaban J connectivity index is 2.72. The fourth-order valence-corrected chi connectivity index (χ4v) is 2.14. The van der Waals surface area contributed by atoms with Gasteiger partial charge in [0, 0.05) is 13.1 Å². The fourth-order valence-electron chi connectivity index (χ4n) is 2.14. The molecule has 0 spiro atoms. The van der Waals surface area contributed by atoms with Gasteiger partial charge in [0.2, 0.25) is 0 Å². The number of nitrogens with zero attached hydrogens (tertiary/aromatic N) is 1. The van der Waals surface area contributed by atoms with E-state index >= 15 is 0 Å². The minimum absolute atomic E-state index is 0.130. The summed E-state index contributed by atoms with van der Waals surface area (Å²) in [7, 11) is 5.41. The molecule has 1 aromatic carbocycles. The monoisotopic (exact) mass is 266 g/mol. The van der Waals surface area contributed by atoms with E-state index in [0.29, 0.717) is 6.54 Å². The molecule has 108 valence electrons. The third-order valence-electron chi connectivity index (χ3n) is 3.15. The molecule has 0 unspecified atom stereocenters. The molecule has 0 fully saturated rings. The van der Waals surface area contributed by atoms with Gasteiger partial charge in [-0.1, -0.05) is 19.9 Å². The van der Waals surface area contributed by atoms with Crippen LogP contribution in [-0.4, -0.2) is 39.3 Å². The molecule has 1 rings (SSSR count). The van der Waals surface area contributed by atoms with E-state index in [1.54, 1.807) is 14.2 Å². The van der Waals surface area contributed by atoms with Gasteiger partial charge in [-0.3, -0.25) is 0 Å². The summed E-state index contributed by atoms with van der Waals surface area (Å²) in [6.45, 7) is 6.86. The molecular formula is C15H26N2O2.